The molecule has 2 rings (SSSR count). The molecule has 0 saturated heterocycles. The second-order valence-corrected chi connectivity index (χ2v) is 4.51. The lowest BCUT2D eigenvalue weighted by molar-refractivity contribution is 0.0435. The highest BCUT2D eigenvalue weighted by atomic mass is 16.5. The van der Waals surface area contributed by atoms with Gasteiger partial charge in [0.05, 0.1) is 18.8 Å². The lowest BCUT2D eigenvalue weighted by atomic mass is 10.1. The normalized spacial score (nSPS) is 20.6. The molecule has 0 aromatic heterocycles. The SMILES string of the molecule is CC(C)OCC(N)C1Cc2ccccc2O1. The summed E-state index contributed by atoms with van der Waals surface area (Å²) >= 11 is 0. The van der Waals surface area contributed by atoms with Crippen molar-refractivity contribution in [1.29, 1.82) is 0 Å². The third-order valence-corrected chi connectivity index (χ3v) is 2.77. The highest BCUT2D eigenvalue weighted by molar-refractivity contribution is 5.37. The van der Waals surface area contributed by atoms with Crippen LogP contribution in [-0.2, 0) is 11.2 Å². The van der Waals surface area contributed by atoms with Gasteiger partial charge in [-0.25, -0.2) is 0 Å². The highest BCUT2D eigenvalue weighted by Crippen LogP contribution is 2.29. The molecule has 0 aliphatic carbocycles. The summed E-state index contributed by atoms with van der Waals surface area (Å²) in [6.07, 6.45) is 1.16. The van der Waals surface area contributed by atoms with Gasteiger partial charge in [0.2, 0.25) is 0 Å². The summed E-state index contributed by atoms with van der Waals surface area (Å²) in [5.74, 6) is 0.965. The van der Waals surface area contributed by atoms with Crippen molar-refractivity contribution in [3.05, 3.63) is 29.8 Å². The Balaban J connectivity index is 1.90. The van der Waals surface area contributed by atoms with Gasteiger partial charge < -0.3 is 15.2 Å². The van der Waals surface area contributed by atoms with Gasteiger partial charge >= 0.3 is 0 Å². The van der Waals surface area contributed by atoms with Crippen LogP contribution in [0.2, 0.25) is 0 Å². The number of nitrogens with two attached hydrogens (primary N) is 1. The van der Waals surface area contributed by atoms with Crippen molar-refractivity contribution >= 4 is 0 Å². The van der Waals surface area contributed by atoms with Gasteiger partial charge in [0, 0.05) is 6.42 Å². The molecule has 1 aliphatic rings. The first-order valence-electron chi connectivity index (χ1n) is 5.78. The Morgan fingerprint density at radius 1 is 1.44 bits per heavy atom. The first-order valence-corrected chi connectivity index (χ1v) is 5.78. The number of rotatable bonds is 4. The largest absolute Gasteiger partial charge is 0.488 e. The van der Waals surface area contributed by atoms with Crippen molar-refractivity contribution in [2.24, 2.45) is 5.73 Å². The standard InChI is InChI=1S/C13H19NO2/c1-9(2)15-8-11(14)13-7-10-5-3-4-6-12(10)16-13/h3-6,9,11,13H,7-8,14H2,1-2H3. The Morgan fingerprint density at radius 3 is 2.88 bits per heavy atom. The second kappa shape index (κ2) is 4.85. The van der Waals surface area contributed by atoms with Crippen LogP contribution >= 0.6 is 0 Å². The first-order chi connectivity index (χ1) is 7.66. The first kappa shape index (κ1) is 11.4. The molecule has 0 fully saturated rings. The minimum Gasteiger partial charge on any atom is -0.488 e. The van der Waals surface area contributed by atoms with Crippen molar-refractivity contribution in [3.63, 3.8) is 0 Å². The van der Waals surface area contributed by atoms with Gasteiger partial charge in [-0.2, -0.15) is 0 Å². The molecule has 3 heteroatoms. The lowest BCUT2D eigenvalue weighted by Crippen LogP contribution is -2.42. The number of fused-ring (bicyclic) bond motifs is 1. The summed E-state index contributed by atoms with van der Waals surface area (Å²) in [6, 6.07) is 8.03. The van der Waals surface area contributed by atoms with Crippen LogP contribution in [0.5, 0.6) is 5.75 Å². The third kappa shape index (κ3) is 2.54. The number of ether oxygens (including phenoxy) is 2. The molecule has 88 valence electrons. The van der Waals surface area contributed by atoms with E-state index in [0.29, 0.717) is 6.61 Å². The maximum Gasteiger partial charge on any atom is 0.123 e. The molecule has 2 N–H and O–H groups in total. The van der Waals surface area contributed by atoms with E-state index in [1.165, 1.54) is 5.56 Å². The molecule has 0 amide bonds. The molecule has 1 aliphatic heterocycles. The molecular weight excluding hydrogens is 202 g/mol. The van der Waals surface area contributed by atoms with E-state index in [2.05, 4.69) is 6.07 Å². The summed E-state index contributed by atoms with van der Waals surface area (Å²) in [6.45, 7) is 4.57. The summed E-state index contributed by atoms with van der Waals surface area (Å²) in [5, 5.41) is 0. The molecule has 3 nitrogen and oxygen atoms in total. The molecule has 1 heterocycles. The lowest BCUT2D eigenvalue weighted by Gasteiger charge is -2.20. The minimum absolute atomic E-state index is 0.0520. The predicted molar refractivity (Wildman–Crippen MR) is 63.6 cm³/mol. The summed E-state index contributed by atoms with van der Waals surface area (Å²) in [7, 11) is 0. The van der Waals surface area contributed by atoms with E-state index in [1.54, 1.807) is 0 Å². The highest BCUT2D eigenvalue weighted by Gasteiger charge is 2.27. The van der Waals surface area contributed by atoms with Crippen molar-refractivity contribution in [3.8, 4) is 5.75 Å². The molecule has 0 saturated carbocycles. The van der Waals surface area contributed by atoms with Crippen LogP contribution in [0.3, 0.4) is 0 Å². The van der Waals surface area contributed by atoms with Crippen molar-refractivity contribution in [2.75, 3.05) is 6.61 Å². The van der Waals surface area contributed by atoms with Gasteiger partial charge in [-0.3, -0.25) is 0 Å². The van der Waals surface area contributed by atoms with Gasteiger partial charge in [-0.15, -0.1) is 0 Å². The van der Waals surface area contributed by atoms with E-state index in [0.717, 1.165) is 12.2 Å². The topological polar surface area (TPSA) is 44.5 Å². The summed E-state index contributed by atoms with van der Waals surface area (Å²) in [4.78, 5) is 0. The average Bonchev–Trinajstić information content (AvgIpc) is 2.69. The zero-order chi connectivity index (χ0) is 11.5. The monoisotopic (exact) mass is 221 g/mol. The molecule has 2 atom stereocenters. The van der Waals surface area contributed by atoms with Crippen LogP contribution in [0.15, 0.2) is 24.3 Å². The Morgan fingerprint density at radius 2 is 2.19 bits per heavy atom. The van der Waals surface area contributed by atoms with Gasteiger partial charge in [-0.05, 0) is 25.5 Å². The molecular formula is C13H19NO2. The van der Waals surface area contributed by atoms with E-state index in [1.807, 2.05) is 32.0 Å². The van der Waals surface area contributed by atoms with Crippen molar-refractivity contribution in [1.82, 2.24) is 0 Å². The van der Waals surface area contributed by atoms with Crippen LogP contribution in [-0.4, -0.2) is 24.9 Å². The summed E-state index contributed by atoms with van der Waals surface area (Å²) in [5.41, 5.74) is 7.30. The van der Waals surface area contributed by atoms with Gasteiger partial charge in [0.25, 0.3) is 0 Å². The van der Waals surface area contributed by atoms with E-state index in [9.17, 15) is 0 Å². The third-order valence-electron chi connectivity index (χ3n) is 2.77. The molecule has 1 aromatic carbocycles. The van der Waals surface area contributed by atoms with Gasteiger partial charge in [0.1, 0.15) is 11.9 Å². The second-order valence-electron chi connectivity index (χ2n) is 4.51. The van der Waals surface area contributed by atoms with Crippen molar-refractivity contribution in [2.45, 2.75) is 38.5 Å². The van der Waals surface area contributed by atoms with Gasteiger partial charge in [-0.1, -0.05) is 18.2 Å². The zero-order valence-corrected chi connectivity index (χ0v) is 9.85. The van der Waals surface area contributed by atoms with Crippen LogP contribution in [0.25, 0.3) is 0 Å². The zero-order valence-electron chi connectivity index (χ0n) is 9.85. The fraction of sp³-hybridized carbons (Fsp3) is 0.538. The van der Waals surface area contributed by atoms with Gasteiger partial charge in [0.15, 0.2) is 0 Å². The molecule has 0 spiro atoms. The van der Waals surface area contributed by atoms with E-state index >= 15 is 0 Å². The predicted octanol–water partition coefficient (Wildman–Crippen LogP) is 1.74. The van der Waals surface area contributed by atoms with E-state index < -0.39 is 0 Å². The smallest absolute Gasteiger partial charge is 0.123 e. The Labute approximate surface area is 96.5 Å². The molecule has 2 unspecified atom stereocenters. The molecule has 0 bridgehead atoms. The fourth-order valence-corrected chi connectivity index (χ4v) is 1.86. The number of benzene rings is 1. The quantitative estimate of drug-likeness (QED) is 0.842. The molecule has 1 aromatic rings. The van der Waals surface area contributed by atoms with Crippen molar-refractivity contribution < 1.29 is 9.47 Å². The maximum atomic E-state index is 6.06. The van der Waals surface area contributed by atoms with E-state index in [-0.39, 0.29) is 18.2 Å². The Bertz CT molecular complexity index is 327. The Kier molecular flexibility index (Phi) is 3.46. The van der Waals surface area contributed by atoms with Crippen LogP contribution < -0.4 is 10.5 Å². The molecule has 0 radical (unpaired) electrons. The van der Waals surface area contributed by atoms with Crippen LogP contribution in [0, 0.1) is 0 Å². The average molecular weight is 221 g/mol. The number of hydrogen-bond acceptors (Lipinski definition) is 3. The minimum atomic E-state index is -0.0604. The Hall–Kier alpha value is -1.06. The fourth-order valence-electron chi connectivity index (χ4n) is 1.86. The summed E-state index contributed by atoms with van der Waals surface area (Å²) < 4.78 is 11.3. The van der Waals surface area contributed by atoms with E-state index in [4.69, 9.17) is 15.2 Å². The van der Waals surface area contributed by atoms with Crippen LogP contribution in [0.4, 0.5) is 0 Å². The number of hydrogen-bond donors (Lipinski definition) is 1. The van der Waals surface area contributed by atoms with Crippen LogP contribution in [0.1, 0.15) is 19.4 Å². The number of para-hydroxylation sites is 1. The maximum absolute atomic E-state index is 6.06. The molecule has 16 heavy (non-hydrogen) atoms.